The van der Waals surface area contributed by atoms with E-state index in [1.54, 1.807) is 24.3 Å². The molecule has 0 amide bonds. The average molecular weight is 430 g/mol. The summed E-state index contributed by atoms with van der Waals surface area (Å²) in [5, 5.41) is 4.27. The zero-order chi connectivity index (χ0) is 22.7. The number of nitrogens with zero attached hydrogens (tertiary/aromatic N) is 2. The van der Waals surface area contributed by atoms with E-state index in [1.165, 1.54) is 29.8 Å². The Balaban J connectivity index is 1.71. The van der Waals surface area contributed by atoms with E-state index in [0.717, 1.165) is 28.2 Å². The molecule has 0 radical (unpaired) electrons. The molecule has 4 aromatic rings. The number of oxime groups is 1. The van der Waals surface area contributed by atoms with Crippen LogP contribution in [0.4, 0.5) is 8.78 Å². The second-order valence-corrected chi connectivity index (χ2v) is 7.79. The van der Waals surface area contributed by atoms with Crippen LogP contribution in [-0.2, 0) is 11.4 Å². The molecular formula is C27H24F2N2O. The van der Waals surface area contributed by atoms with Crippen molar-refractivity contribution in [3.63, 3.8) is 0 Å². The van der Waals surface area contributed by atoms with Gasteiger partial charge >= 0.3 is 0 Å². The van der Waals surface area contributed by atoms with Crippen LogP contribution in [-0.4, -0.2) is 10.3 Å². The lowest BCUT2D eigenvalue weighted by molar-refractivity contribution is 0.130. The first-order chi connectivity index (χ1) is 15.4. The Morgan fingerprint density at radius 2 is 1.59 bits per heavy atom. The number of hydrogen-bond acceptors (Lipinski definition) is 2. The fraction of sp³-hybridized carbons (Fsp3) is 0.148. The quantitative estimate of drug-likeness (QED) is 0.239. The molecule has 0 spiro atoms. The zero-order valence-electron chi connectivity index (χ0n) is 18.3. The van der Waals surface area contributed by atoms with Crippen molar-refractivity contribution in [2.45, 2.75) is 27.4 Å². The largest absolute Gasteiger partial charge is 0.391 e. The molecule has 32 heavy (non-hydrogen) atoms. The number of hydrogen-bond donors (Lipinski definition) is 0. The third-order valence-electron chi connectivity index (χ3n) is 5.39. The number of aryl methyl sites for hydroxylation is 1. The molecular weight excluding hydrogens is 406 g/mol. The van der Waals surface area contributed by atoms with Gasteiger partial charge in [0.15, 0.2) is 0 Å². The van der Waals surface area contributed by atoms with Gasteiger partial charge < -0.3 is 9.40 Å². The fourth-order valence-electron chi connectivity index (χ4n) is 3.71. The van der Waals surface area contributed by atoms with Crippen LogP contribution in [0.5, 0.6) is 0 Å². The van der Waals surface area contributed by atoms with E-state index in [0.29, 0.717) is 11.3 Å². The summed E-state index contributed by atoms with van der Waals surface area (Å²) in [7, 11) is 0. The minimum Gasteiger partial charge on any atom is -0.391 e. The van der Waals surface area contributed by atoms with Crippen LogP contribution >= 0.6 is 0 Å². The molecule has 0 bridgehead atoms. The van der Waals surface area contributed by atoms with Crippen LogP contribution in [0.15, 0.2) is 84.0 Å². The predicted octanol–water partition coefficient (Wildman–Crippen LogP) is 6.98. The summed E-state index contributed by atoms with van der Waals surface area (Å²) in [5.74, 6) is -0.579. The Morgan fingerprint density at radius 1 is 0.875 bits per heavy atom. The minimum absolute atomic E-state index is 0.178. The summed E-state index contributed by atoms with van der Waals surface area (Å²) >= 11 is 0. The van der Waals surface area contributed by atoms with E-state index < -0.39 is 0 Å². The van der Waals surface area contributed by atoms with Crippen LogP contribution in [0.2, 0.25) is 0 Å². The van der Waals surface area contributed by atoms with Gasteiger partial charge in [-0.1, -0.05) is 35.0 Å². The maximum atomic E-state index is 13.5. The van der Waals surface area contributed by atoms with Gasteiger partial charge in [-0.05, 0) is 86.5 Å². The second kappa shape index (κ2) is 9.18. The smallest absolute Gasteiger partial charge is 0.142 e. The molecule has 3 nitrogen and oxygen atoms in total. The summed E-state index contributed by atoms with van der Waals surface area (Å²) in [5.41, 5.74) is 7.33. The SMILES string of the molecule is C/C(=N/OCc1cccc(F)c1)c1cc(-c2ccc(F)cc2)n(-c2ccc(C)cc2)c1C. The van der Waals surface area contributed by atoms with Crippen LogP contribution < -0.4 is 0 Å². The lowest BCUT2D eigenvalue weighted by Gasteiger charge is -2.13. The molecule has 0 saturated carbocycles. The van der Waals surface area contributed by atoms with Crippen molar-refractivity contribution >= 4 is 5.71 Å². The molecule has 162 valence electrons. The first kappa shape index (κ1) is 21.5. The molecule has 0 saturated heterocycles. The van der Waals surface area contributed by atoms with E-state index in [1.807, 2.05) is 26.8 Å². The second-order valence-electron chi connectivity index (χ2n) is 7.79. The lowest BCUT2D eigenvalue weighted by Crippen LogP contribution is -2.02. The van der Waals surface area contributed by atoms with Crippen molar-refractivity contribution in [1.29, 1.82) is 0 Å². The number of halogens is 2. The van der Waals surface area contributed by atoms with Gasteiger partial charge in [-0.3, -0.25) is 0 Å². The molecule has 5 heteroatoms. The molecule has 0 fully saturated rings. The lowest BCUT2D eigenvalue weighted by atomic mass is 10.1. The minimum atomic E-state index is -0.304. The molecule has 0 aliphatic carbocycles. The van der Waals surface area contributed by atoms with Gasteiger partial charge in [0, 0.05) is 16.9 Å². The van der Waals surface area contributed by atoms with E-state index in [-0.39, 0.29) is 18.2 Å². The molecule has 0 aliphatic rings. The highest BCUT2D eigenvalue weighted by Crippen LogP contribution is 2.30. The summed E-state index contributed by atoms with van der Waals surface area (Å²) in [6.45, 7) is 6.12. The van der Waals surface area contributed by atoms with Crippen molar-refractivity contribution in [2.75, 3.05) is 0 Å². The molecule has 0 unspecified atom stereocenters. The molecule has 1 aromatic heterocycles. The Kier molecular flexibility index (Phi) is 6.17. The Hall–Kier alpha value is -3.73. The van der Waals surface area contributed by atoms with Gasteiger partial charge in [0.25, 0.3) is 0 Å². The van der Waals surface area contributed by atoms with Crippen molar-refractivity contribution in [1.82, 2.24) is 4.57 Å². The monoisotopic (exact) mass is 430 g/mol. The average Bonchev–Trinajstić information content (AvgIpc) is 3.12. The summed E-state index contributed by atoms with van der Waals surface area (Å²) < 4.78 is 29.0. The highest BCUT2D eigenvalue weighted by atomic mass is 19.1. The van der Waals surface area contributed by atoms with Crippen molar-refractivity contribution in [3.05, 3.63) is 113 Å². The first-order valence-electron chi connectivity index (χ1n) is 10.4. The third-order valence-corrected chi connectivity index (χ3v) is 5.39. The maximum Gasteiger partial charge on any atom is 0.142 e. The standard InChI is InChI=1S/C27H24F2N2O/c1-18-7-13-25(14-8-18)31-20(3)26(16-27(31)22-9-11-23(28)12-10-22)19(2)30-32-17-21-5-4-6-24(29)15-21/h4-16H,17H2,1-3H3/b30-19-. The highest BCUT2D eigenvalue weighted by molar-refractivity contribution is 6.01. The van der Waals surface area contributed by atoms with Crippen molar-refractivity contribution in [3.8, 4) is 16.9 Å². The topological polar surface area (TPSA) is 26.5 Å². The van der Waals surface area contributed by atoms with Gasteiger partial charge in [0.2, 0.25) is 0 Å². The normalized spacial score (nSPS) is 11.6. The van der Waals surface area contributed by atoms with Gasteiger partial charge in [-0.2, -0.15) is 0 Å². The predicted molar refractivity (Wildman–Crippen MR) is 124 cm³/mol. The van der Waals surface area contributed by atoms with E-state index in [9.17, 15) is 8.78 Å². The number of benzene rings is 3. The maximum absolute atomic E-state index is 13.5. The van der Waals surface area contributed by atoms with Crippen LogP contribution in [0, 0.1) is 25.5 Å². The Labute approximate surface area is 186 Å². The molecule has 0 atom stereocenters. The summed E-state index contributed by atoms with van der Waals surface area (Å²) in [6, 6.07) is 23.0. The van der Waals surface area contributed by atoms with Crippen LogP contribution in [0.25, 0.3) is 16.9 Å². The number of rotatable bonds is 6. The summed E-state index contributed by atoms with van der Waals surface area (Å²) in [6.07, 6.45) is 0. The summed E-state index contributed by atoms with van der Waals surface area (Å²) in [4.78, 5) is 5.50. The molecule has 1 heterocycles. The number of aromatic nitrogens is 1. The van der Waals surface area contributed by atoms with E-state index >= 15 is 0 Å². The van der Waals surface area contributed by atoms with Gasteiger partial charge in [-0.15, -0.1) is 0 Å². The fourth-order valence-corrected chi connectivity index (χ4v) is 3.71. The first-order valence-corrected chi connectivity index (χ1v) is 10.4. The zero-order valence-corrected chi connectivity index (χ0v) is 18.3. The van der Waals surface area contributed by atoms with Gasteiger partial charge in [0.05, 0.1) is 11.4 Å². The van der Waals surface area contributed by atoms with Gasteiger partial charge in [-0.25, -0.2) is 8.78 Å². The van der Waals surface area contributed by atoms with Crippen molar-refractivity contribution in [2.24, 2.45) is 5.16 Å². The highest BCUT2D eigenvalue weighted by Gasteiger charge is 2.17. The third kappa shape index (κ3) is 4.62. The molecule has 4 rings (SSSR count). The Bertz CT molecular complexity index is 1260. The van der Waals surface area contributed by atoms with E-state index in [4.69, 9.17) is 4.84 Å². The van der Waals surface area contributed by atoms with Crippen LogP contribution in [0.1, 0.15) is 29.3 Å². The van der Waals surface area contributed by atoms with Crippen LogP contribution in [0.3, 0.4) is 0 Å². The molecule has 0 N–H and O–H groups in total. The van der Waals surface area contributed by atoms with Gasteiger partial charge in [0.1, 0.15) is 18.2 Å². The Morgan fingerprint density at radius 3 is 2.28 bits per heavy atom. The van der Waals surface area contributed by atoms with E-state index in [2.05, 4.69) is 34.0 Å². The molecule has 3 aromatic carbocycles. The molecule has 0 aliphatic heterocycles. The van der Waals surface area contributed by atoms with Crippen molar-refractivity contribution < 1.29 is 13.6 Å².